The molecule has 144 valence electrons. The minimum atomic E-state index is -0.514. The Hall–Kier alpha value is -2.01. The van der Waals surface area contributed by atoms with E-state index in [1.165, 1.54) is 0 Å². The molecule has 1 fully saturated rings. The standard InChI is InChI=1S/C22H27ClN2O2/c1-2-6-18-7-3-4-10-22(18)27-17-21(26)16-24-11-13-25(14-12-24)20-9-5-8-19(23)15-20/h2-5,7-10,15,21,26H,1,6,11-14,16-17H2/t21-/m1/s1. The number of ether oxygens (including phenoxy) is 1. The molecule has 0 aromatic heterocycles. The van der Waals surface area contributed by atoms with Gasteiger partial charge in [-0.25, -0.2) is 0 Å². The monoisotopic (exact) mass is 386 g/mol. The number of rotatable bonds is 8. The van der Waals surface area contributed by atoms with E-state index in [9.17, 15) is 5.11 Å². The number of benzene rings is 2. The number of nitrogens with zero attached hydrogens (tertiary/aromatic N) is 2. The average Bonchev–Trinajstić information content (AvgIpc) is 2.68. The predicted molar refractivity (Wildman–Crippen MR) is 112 cm³/mol. The van der Waals surface area contributed by atoms with Gasteiger partial charge in [-0.3, -0.25) is 4.90 Å². The number of halogens is 1. The lowest BCUT2D eigenvalue weighted by Gasteiger charge is -2.37. The van der Waals surface area contributed by atoms with Crippen LogP contribution in [0.15, 0.2) is 61.2 Å². The third-order valence-electron chi connectivity index (χ3n) is 4.78. The van der Waals surface area contributed by atoms with Crippen LogP contribution in [-0.4, -0.2) is 55.4 Å². The van der Waals surface area contributed by atoms with Gasteiger partial charge >= 0.3 is 0 Å². The van der Waals surface area contributed by atoms with Crippen LogP contribution in [0.4, 0.5) is 5.69 Å². The number of hydrogen-bond acceptors (Lipinski definition) is 4. The van der Waals surface area contributed by atoms with E-state index in [2.05, 4.69) is 22.4 Å². The minimum Gasteiger partial charge on any atom is -0.491 e. The number of anilines is 1. The number of β-amino-alcohol motifs (C(OH)–C–C–N with tert-alkyl or cyclic N) is 1. The molecular weight excluding hydrogens is 360 g/mol. The van der Waals surface area contributed by atoms with Gasteiger partial charge in [-0.05, 0) is 36.2 Å². The zero-order valence-electron chi connectivity index (χ0n) is 15.6. The second-order valence-corrected chi connectivity index (χ2v) is 7.27. The molecule has 2 aromatic carbocycles. The fraction of sp³-hybridized carbons (Fsp3) is 0.364. The molecule has 0 spiro atoms. The van der Waals surface area contributed by atoms with E-state index in [1.54, 1.807) is 0 Å². The topological polar surface area (TPSA) is 35.9 Å². The molecule has 5 heteroatoms. The summed E-state index contributed by atoms with van der Waals surface area (Å²) in [5.41, 5.74) is 2.25. The largest absolute Gasteiger partial charge is 0.491 e. The molecule has 1 N–H and O–H groups in total. The van der Waals surface area contributed by atoms with Crippen LogP contribution in [-0.2, 0) is 6.42 Å². The Bertz CT molecular complexity index is 745. The highest BCUT2D eigenvalue weighted by Gasteiger charge is 2.20. The van der Waals surface area contributed by atoms with E-state index in [0.29, 0.717) is 13.2 Å². The van der Waals surface area contributed by atoms with Crippen LogP contribution in [0.1, 0.15) is 5.56 Å². The van der Waals surface area contributed by atoms with Crippen LogP contribution >= 0.6 is 11.6 Å². The van der Waals surface area contributed by atoms with Gasteiger partial charge in [-0.1, -0.05) is 41.9 Å². The molecular formula is C22H27ClN2O2. The van der Waals surface area contributed by atoms with Crippen LogP contribution < -0.4 is 9.64 Å². The van der Waals surface area contributed by atoms with Crippen LogP contribution in [0.25, 0.3) is 0 Å². The maximum atomic E-state index is 10.4. The molecule has 4 nitrogen and oxygen atoms in total. The van der Waals surface area contributed by atoms with Gasteiger partial charge < -0.3 is 14.7 Å². The van der Waals surface area contributed by atoms with Gasteiger partial charge in [0.25, 0.3) is 0 Å². The molecule has 1 aliphatic rings. The number of aliphatic hydroxyl groups is 1. The molecule has 1 heterocycles. The predicted octanol–water partition coefficient (Wildman–Crippen LogP) is 3.63. The van der Waals surface area contributed by atoms with E-state index in [1.807, 2.05) is 48.5 Å². The molecule has 1 aliphatic heterocycles. The SMILES string of the molecule is C=CCc1ccccc1OC[C@H](O)CN1CCN(c2cccc(Cl)c2)CC1. The number of aliphatic hydroxyl groups excluding tert-OH is 1. The Morgan fingerprint density at radius 2 is 1.89 bits per heavy atom. The fourth-order valence-electron chi connectivity index (χ4n) is 3.37. The van der Waals surface area contributed by atoms with E-state index in [4.69, 9.17) is 16.3 Å². The van der Waals surface area contributed by atoms with Gasteiger partial charge in [-0.15, -0.1) is 6.58 Å². The van der Waals surface area contributed by atoms with Crippen molar-refractivity contribution in [2.45, 2.75) is 12.5 Å². The van der Waals surface area contributed by atoms with Crippen molar-refractivity contribution in [2.75, 3.05) is 44.2 Å². The molecule has 27 heavy (non-hydrogen) atoms. The summed E-state index contributed by atoms with van der Waals surface area (Å²) in [4.78, 5) is 4.61. The van der Waals surface area contributed by atoms with Gasteiger partial charge in [0.1, 0.15) is 18.5 Å². The van der Waals surface area contributed by atoms with Crippen molar-refractivity contribution in [1.29, 1.82) is 0 Å². The molecule has 0 unspecified atom stereocenters. The second kappa shape index (κ2) is 9.79. The highest BCUT2D eigenvalue weighted by molar-refractivity contribution is 6.30. The first-order chi connectivity index (χ1) is 13.2. The molecule has 2 aromatic rings. The first-order valence-electron chi connectivity index (χ1n) is 9.38. The lowest BCUT2D eigenvalue weighted by atomic mass is 10.1. The van der Waals surface area contributed by atoms with Gasteiger partial charge in [0.05, 0.1) is 0 Å². The lowest BCUT2D eigenvalue weighted by Crippen LogP contribution is -2.49. The maximum Gasteiger partial charge on any atom is 0.122 e. The zero-order chi connectivity index (χ0) is 19.1. The smallest absolute Gasteiger partial charge is 0.122 e. The maximum absolute atomic E-state index is 10.4. The molecule has 1 saturated heterocycles. The first-order valence-corrected chi connectivity index (χ1v) is 9.76. The van der Waals surface area contributed by atoms with E-state index >= 15 is 0 Å². The molecule has 0 amide bonds. The van der Waals surface area contributed by atoms with Crippen molar-refractivity contribution in [3.8, 4) is 5.75 Å². The first kappa shape index (κ1) is 19.7. The molecule has 0 bridgehead atoms. The molecule has 3 rings (SSSR count). The summed E-state index contributed by atoms with van der Waals surface area (Å²) in [6.45, 7) is 8.37. The third kappa shape index (κ3) is 5.73. The van der Waals surface area contributed by atoms with Crippen molar-refractivity contribution in [3.63, 3.8) is 0 Å². The average molecular weight is 387 g/mol. The summed E-state index contributed by atoms with van der Waals surface area (Å²) in [5.74, 6) is 0.822. The summed E-state index contributed by atoms with van der Waals surface area (Å²) in [6.07, 6.45) is 2.11. The Kier molecular flexibility index (Phi) is 7.16. The lowest BCUT2D eigenvalue weighted by molar-refractivity contribution is 0.0660. The third-order valence-corrected chi connectivity index (χ3v) is 5.02. The fourth-order valence-corrected chi connectivity index (χ4v) is 3.55. The summed E-state index contributed by atoms with van der Waals surface area (Å²) in [5, 5.41) is 11.1. The zero-order valence-corrected chi connectivity index (χ0v) is 16.3. The molecule has 0 saturated carbocycles. The highest BCUT2D eigenvalue weighted by Crippen LogP contribution is 2.21. The van der Waals surface area contributed by atoms with Crippen LogP contribution in [0.5, 0.6) is 5.75 Å². The van der Waals surface area contributed by atoms with Crippen molar-refractivity contribution in [2.24, 2.45) is 0 Å². The minimum absolute atomic E-state index is 0.294. The van der Waals surface area contributed by atoms with E-state index in [0.717, 1.165) is 54.6 Å². The van der Waals surface area contributed by atoms with E-state index in [-0.39, 0.29) is 0 Å². The number of piperazine rings is 1. The Balaban J connectivity index is 1.44. The van der Waals surface area contributed by atoms with Crippen LogP contribution in [0, 0.1) is 0 Å². The summed E-state index contributed by atoms with van der Waals surface area (Å²) < 4.78 is 5.85. The molecule has 0 radical (unpaired) electrons. The van der Waals surface area contributed by atoms with Crippen molar-refractivity contribution < 1.29 is 9.84 Å². The molecule has 0 aliphatic carbocycles. The number of hydrogen-bond donors (Lipinski definition) is 1. The summed E-state index contributed by atoms with van der Waals surface area (Å²) in [6, 6.07) is 15.9. The van der Waals surface area contributed by atoms with Crippen molar-refractivity contribution >= 4 is 17.3 Å². The number of para-hydroxylation sites is 1. The van der Waals surface area contributed by atoms with E-state index < -0.39 is 6.10 Å². The highest BCUT2D eigenvalue weighted by atomic mass is 35.5. The Morgan fingerprint density at radius 3 is 2.63 bits per heavy atom. The van der Waals surface area contributed by atoms with Crippen molar-refractivity contribution in [3.05, 3.63) is 71.8 Å². The van der Waals surface area contributed by atoms with Crippen molar-refractivity contribution in [1.82, 2.24) is 4.90 Å². The van der Waals surface area contributed by atoms with Gasteiger partial charge in [0, 0.05) is 43.4 Å². The Morgan fingerprint density at radius 1 is 1.11 bits per heavy atom. The normalized spacial score (nSPS) is 16.1. The quantitative estimate of drug-likeness (QED) is 0.703. The summed E-state index contributed by atoms with van der Waals surface area (Å²) >= 11 is 6.09. The Labute approximate surface area is 166 Å². The number of allylic oxidation sites excluding steroid dienone is 1. The van der Waals surface area contributed by atoms with Gasteiger partial charge in [-0.2, -0.15) is 0 Å². The van der Waals surface area contributed by atoms with Crippen LogP contribution in [0.2, 0.25) is 5.02 Å². The molecule has 1 atom stereocenters. The van der Waals surface area contributed by atoms with Gasteiger partial charge in [0.2, 0.25) is 0 Å². The summed E-state index contributed by atoms with van der Waals surface area (Å²) in [7, 11) is 0. The second-order valence-electron chi connectivity index (χ2n) is 6.83. The van der Waals surface area contributed by atoms with Gasteiger partial charge in [0.15, 0.2) is 0 Å². The van der Waals surface area contributed by atoms with Crippen LogP contribution in [0.3, 0.4) is 0 Å².